The Kier molecular flexibility index (Phi) is 2.37. The summed E-state index contributed by atoms with van der Waals surface area (Å²) in [7, 11) is 0. The van der Waals surface area contributed by atoms with E-state index >= 15 is 0 Å². The highest BCUT2D eigenvalue weighted by Crippen LogP contribution is 2.34. The highest BCUT2D eigenvalue weighted by Gasteiger charge is 2.40. The van der Waals surface area contributed by atoms with Crippen molar-refractivity contribution in [1.82, 2.24) is 10.2 Å². The van der Waals surface area contributed by atoms with Crippen LogP contribution in [0, 0.1) is 0 Å². The van der Waals surface area contributed by atoms with Gasteiger partial charge in [-0.1, -0.05) is 0 Å². The summed E-state index contributed by atoms with van der Waals surface area (Å²) in [6.07, 6.45) is 0.645. The van der Waals surface area contributed by atoms with Gasteiger partial charge >= 0.3 is 0 Å². The lowest BCUT2D eigenvalue weighted by molar-refractivity contribution is -0.136. The minimum atomic E-state index is -0.563. The number of amides is 3. The Hall–Kier alpha value is -1.89. The Balaban J connectivity index is 1.86. The molecule has 0 spiro atoms. The third-order valence-electron chi connectivity index (χ3n) is 3.33. The number of nitrogens with two attached hydrogens (primary N) is 1. The Morgan fingerprint density at radius 2 is 2.17 bits per heavy atom. The van der Waals surface area contributed by atoms with Crippen molar-refractivity contribution in [2.75, 3.05) is 5.73 Å². The molecule has 1 saturated heterocycles. The number of thiophene rings is 1. The zero-order chi connectivity index (χ0) is 12.9. The smallest absolute Gasteiger partial charge is 0.256 e. The summed E-state index contributed by atoms with van der Waals surface area (Å²) < 4.78 is 0. The van der Waals surface area contributed by atoms with Gasteiger partial charge in [-0.2, -0.15) is 0 Å². The van der Waals surface area contributed by atoms with E-state index in [0.717, 1.165) is 5.56 Å². The number of hydrogen-bond donors (Lipinski definition) is 2. The quantitative estimate of drug-likeness (QED) is 0.704. The summed E-state index contributed by atoms with van der Waals surface area (Å²) in [6, 6.07) is -0.563. The first-order valence-corrected chi connectivity index (χ1v) is 6.46. The van der Waals surface area contributed by atoms with Crippen LogP contribution in [0.1, 0.15) is 28.8 Å². The van der Waals surface area contributed by atoms with Crippen molar-refractivity contribution < 1.29 is 14.4 Å². The van der Waals surface area contributed by atoms with E-state index < -0.39 is 11.9 Å². The second-order valence-corrected chi connectivity index (χ2v) is 5.30. The van der Waals surface area contributed by atoms with E-state index in [9.17, 15) is 14.4 Å². The van der Waals surface area contributed by atoms with Crippen molar-refractivity contribution in [1.29, 1.82) is 0 Å². The number of carbonyl (C=O) groups is 3. The Bertz CT molecular complexity index is 566. The number of nitrogen functional groups attached to an aromatic ring is 1. The van der Waals surface area contributed by atoms with Gasteiger partial charge in [0.05, 0.1) is 17.1 Å². The Morgan fingerprint density at radius 1 is 1.39 bits per heavy atom. The molecule has 18 heavy (non-hydrogen) atoms. The molecule has 3 N–H and O–H groups in total. The molecule has 0 aromatic carbocycles. The summed E-state index contributed by atoms with van der Waals surface area (Å²) in [5.41, 5.74) is 7.17. The van der Waals surface area contributed by atoms with Gasteiger partial charge in [0, 0.05) is 17.4 Å². The molecule has 3 heterocycles. The molecule has 2 aliphatic heterocycles. The molecule has 1 unspecified atom stereocenters. The summed E-state index contributed by atoms with van der Waals surface area (Å²) in [4.78, 5) is 36.5. The lowest BCUT2D eigenvalue weighted by atomic mass is 10.0. The van der Waals surface area contributed by atoms with Crippen molar-refractivity contribution in [3.8, 4) is 0 Å². The van der Waals surface area contributed by atoms with Gasteiger partial charge in [0.2, 0.25) is 11.8 Å². The highest BCUT2D eigenvalue weighted by molar-refractivity contribution is 7.14. The molecule has 94 valence electrons. The van der Waals surface area contributed by atoms with E-state index in [1.54, 1.807) is 5.38 Å². The predicted octanol–water partition coefficient (Wildman–Crippen LogP) is 0.0913. The van der Waals surface area contributed by atoms with Gasteiger partial charge in [-0.15, -0.1) is 11.3 Å². The lowest BCUT2D eigenvalue weighted by Gasteiger charge is -2.29. The first kappa shape index (κ1) is 11.2. The van der Waals surface area contributed by atoms with E-state index in [1.807, 2.05) is 0 Å². The van der Waals surface area contributed by atoms with E-state index in [1.165, 1.54) is 16.2 Å². The van der Waals surface area contributed by atoms with Crippen LogP contribution in [0.3, 0.4) is 0 Å². The first-order valence-electron chi connectivity index (χ1n) is 5.58. The molecule has 0 aliphatic carbocycles. The molecule has 3 amide bonds. The van der Waals surface area contributed by atoms with E-state index in [2.05, 4.69) is 5.32 Å². The lowest BCUT2D eigenvalue weighted by Crippen LogP contribution is -2.52. The number of nitrogens with one attached hydrogen (secondary N) is 1. The predicted molar refractivity (Wildman–Crippen MR) is 64.8 cm³/mol. The van der Waals surface area contributed by atoms with Crippen LogP contribution in [0.25, 0.3) is 0 Å². The van der Waals surface area contributed by atoms with Gasteiger partial charge in [0.25, 0.3) is 5.91 Å². The fourth-order valence-electron chi connectivity index (χ4n) is 2.37. The SMILES string of the molecule is Nc1scc2c1CN(C1CCC(=O)NC1=O)C2=O. The number of piperidine rings is 1. The molecule has 1 aromatic heterocycles. The molecule has 6 nitrogen and oxygen atoms in total. The molecule has 1 atom stereocenters. The van der Waals surface area contributed by atoms with E-state index in [0.29, 0.717) is 23.5 Å². The van der Waals surface area contributed by atoms with Crippen LogP contribution in [0.2, 0.25) is 0 Å². The van der Waals surface area contributed by atoms with Gasteiger partial charge in [0.1, 0.15) is 6.04 Å². The third kappa shape index (κ3) is 1.51. The van der Waals surface area contributed by atoms with Gasteiger partial charge in [0.15, 0.2) is 0 Å². The second kappa shape index (κ2) is 3.81. The highest BCUT2D eigenvalue weighted by atomic mass is 32.1. The maximum atomic E-state index is 12.1. The molecular formula is C11H11N3O3S. The summed E-state index contributed by atoms with van der Waals surface area (Å²) in [6.45, 7) is 0.357. The number of nitrogens with zero attached hydrogens (tertiary/aromatic N) is 1. The van der Waals surface area contributed by atoms with Gasteiger partial charge in [-0.05, 0) is 6.42 Å². The minimum absolute atomic E-state index is 0.174. The van der Waals surface area contributed by atoms with Crippen molar-refractivity contribution in [2.24, 2.45) is 0 Å². The van der Waals surface area contributed by atoms with Crippen LogP contribution in [-0.4, -0.2) is 28.7 Å². The number of anilines is 1. The number of carbonyl (C=O) groups excluding carboxylic acids is 3. The van der Waals surface area contributed by atoms with Crippen LogP contribution < -0.4 is 11.1 Å². The maximum absolute atomic E-state index is 12.1. The average molecular weight is 265 g/mol. The van der Waals surface area contributed by atoms with Crippen molar-refractivity contribution in [2.45, 2.75) is 25.4 Å². The average Bonchev–Trinajstić information content (AvgIpc) is 2.82. The van der Waals surface area contributed by atoms with Crippen LogP contribution in [-0.2, 0) is 16.1 Å². The van der Waals surface area contributed by atoms with Crippen molar-refractivity contribution in [3.63, 3.8) is 0 Å². The number of imide groups is 1. The summed E-state index contributed by atoms with van der Waals surface area (Å²) >= 11 is 1.34. The Labute approximate surface area is 107 Å². The Morgan fingerprint density at radius 3 is 2.83 bits per heavy atom. The molecule has 0 bridgehead atoms. The molecule has 2 aliphatic rings. The zero-order valence-corrected chi connectivity index (χ0v) is 10.3. The van der Waals surface area contributed by atoms with Crippen LogP contribution in [0.5, 0.6) is 0 Å². The van der Waals surface area contributed by atoms with Gasteiger partial charge < -0.3 is 10.6 Å². The first-order chi connectivity index (χ1) is 8.58. The van der Waals surface area contributed by atoms with Crippen LogP contribution in [0.4, 0.5) is 5.00 Å². The summed E-state index contributed by atoms with van der Waals surface area (Å²) in [5, 5.41) is 4.60. The van der Waals surface area contributed by atoms with Crippen LogP contribution in [0.15, 0.2) is 5.38 Å². The second-order valence-electron chi connectivity index (χ2n) is 4.39. The van der Waals surface area contributed by atoms with Crippen molar-refractivity contribution in [3.05, 3.63) is 16.5 Å². The summed E-state index contributed by atoms with van der Waals surface area (Å²) in [5.74, 6) is -0.851. The third-order valence-corrected chi connectivity index (χ3v) is 4.19. The molecule has 0 saturated carbocycles. The van der Waals surface area contributed by atoms with Gasteiger partial charge in [-0.25, -0.2) is 0 Å². The molecule has 1 aromatic rings. The van der Waals surface area contributed by atoms with Crippen molar-refractivity contribution >= 4 is 34.1 Å². The fraction of sp³-hybridized carbons (Fsp3) is 0.364. The van der Waals surface area contributed by atoms with E-state index in [4.69, 9.17) is 5.73 Å². The molecule has 7 heteroatoms. The fourth-order valence-corrected chi connectivity index (χ4v) is 3.17. The number of fused-ring (bicyclic) bond motifs is 1. The minimum Gasteiger partial charge on any atom is -0.390 e. The van der Waals surface area contributed by atoms with Gasteiger partial charge in [-0.3, -0.25) is 19.7 Å². The number of hydrogen-bond acceptors (Lipinski definition) is 5. The number of rotatable bonds is 1. The molecular weight excluding hydrogens is 254 g/mol. The topological polar surface area (TPSA) is 92.5 Å². The zero-order valence-electron chi connectivity index (χ0n) is 9.43. The molecule has 0 radical (unpaired) electrons. The van der Waals surface area contributed by atoms with Crippen LogP contribution >= 0.6 is 11.3 Å². The maximum Gasteiger partial charge on any atom is 0.256 e. The monoisotopic (exact) mass is 265 g/mol. The molecule has 1 fully saturated rings. The molecule has 3 rings (SSSR count). The standard InChI is InChI=1S/C11H11N3O3S/c12-9-5-3-14(11(17)6(5)4-18-9)7-1-2-8(15)13-10(7)16/h4,7H,1-3,12H2,(H,13,15,16). The van der Waals surface area contributed by atoms with E-state index in [-0.39, 0.29) is 18.2 Å². The normalized spacial score (nSPS) is 23.2. The largest absolute Gasteiger partial charge is 0.390 e.